The van der Waals surface area contributed by atoms with Gasteiger partial charge in [0.05, 0.1) is 0 Å². The molecule has 2 heteroatoms. The quantitative estimate of drug-likeness (QED) is 0.825. The van der Waals surface area contributed by atoms with Gasteiger partial charge in [0.2, 0.25) is 0 Å². The minimum absolute atomic E-state index is 0.530. The SMILES string of the molecule is CC(C)NCCc1ccccc1COc1ccccc1. The Kier molecular flexibility index (Phi) is 5.63. The van der Waals surface area contributed by atoms with Crippen molar-refractivity contribution < 1.29 is 4.74 Å². The van der Waals surface area contributed by atoms with E-state index in [2.05, 4.69) is 43.4 Å². The summed E-state index contributed by atoms with van der Waals surface area (Å²) >= 11 is 0. The number of hydrogen-bond acceptors (Lipinski definition) is 2. The van der Waals surface area contributed by atoms with Crippen LogP contribution in [0.4, 0.5) is 0 Å². The van der Waals surface area contributed by atoms with Crippen LogP contribution in [0.15, 0.2) is 54.6 Å². The van der Waals surface area contributed by atoms with Gasteiger partial charge in [-0.2, -0.15) is 0 Å². The molecule has 2 nitrogen and oxygen atoms in total. The third-order valence-electron chi connectivity index (χ3n) is 3.20. The Morgan fingerprint density at radius 1 is 0.900 bits per heavy atom. The average molecular weight is 269 g/mol. The van der Waals surface area contributed by atoms with Crippen molar-refractivity contribution in [1.82, 2.24) is 5.32 Å². The van der Waals surface area contributed by atoms with Crippen LogP contribution in [-0.2, 0) is 13.0 Å². The van der Waals surface area contributed by atoms with Gasteiger partial charge < -0.3 is 10.1 Å². The molecular weight excluding hydrogens is 246 g/mol. The summed E-state index contributed by atoms with van der Waals surface area (Å²) in [5.74, 6) is 0.919. The van der Waals surface area contributed by atoms with Crippen molar-refractivity contribution in [1.29, 1.82) is 0 Å². The van der Waals surface area contributed by atoms with E-state index in [1.807, 2.05) is 30.3 Å². The smallest absolute Gasteiger partial charge is 0.119 e. The normalized spacial score (nSPS) is 10.8. The van der Waals surface area contributed by atoms with Crippen molar-refractivity contribution in [3.8, 4) is 5.75 Å². The lowest BCUT2D eigenvalue weighted by molar-refractivity contribution is 0.305. The van der Waals surface area contributed by atoms with Crippen LogP contribution in [0, 0.1) is 0 Å². The van der Waals surface area contributed by atoms with Gasteiger partial charge in [-0.05, 0) is 36.2 Å². The molecule has 20 heavy (non-hydrogen) atoms. The summed E-state index contributed by atoms with van der Waals surface area (Å²) in [6.45, 7) is 5.97. The van der Waals surface area contributed by atoms with Crippen molar-refractivity contribution in [2.45, 2.75) is 32.9 Å². The number of para-hydroxylation sites is 1. The van der Waals surface area contributed by atoms with E-state index in [0.29, 0.717) is 12.6 Å². The van der Waals surface area contributed by atoms with E-state index in [1.165, 1.54) is 11.1 Å². The molecule has 0 atom stereocenters. The van der Waals surface area contributed by atoms with Crippen LogP contribution < -0.4 is 10.1 Å². The lowest BCUT2D eigenvalue weighted by Gasteiger charge is -2.12. The van der Waals surface area contributed by atoms with Gasteiger partial charge >= 0.3 is 0 Å². The van der Waals surface area contributed by atoms with Gasteiger partial charge in [-0.15, -0.1) is 0 Å². The molecule has 0 spiro atoms. The monoisotopic (exact) mass is 269 g/mol. The van der Waals surface area contributed by atoms with Crippen LogP contribution >= 0.6 is 0 Å². The van der Waals surface area contributed by atoms with E-state index in [1.54, 1.807) is 0 Å². The van der Waals surface area contributed by atoms with Gasteiger partial charge in [-0.1, -0.05) is 56.3 Å². The molecular formula is C18H23NO. The first-order chi connectivity index (χ1) is 9.75. The first kappa shape index (κ1) is 14.6. The van der Waals surface area contributed by atoms with Crippen molar-refractivity contribution in [3.05, 3.63) is 65.7 Å². The summed E-state index contributed by atoms with van der Waals surface area (Å²) in [5.41, 5.74) is 2.62. The molecule has 2 aromatic rings. The average Bonchev–Trinajstić information content (AvgIpc) is 2.47. The molecule has 0 unspecified atom stereocenters. The number of benzene rings is 2. The molecule has 2 aromatic carbocycles. The fourth-order valence-corrected chi connectivity index (χ4v) is 2.12. The minimum Gasteiger partial charge on any atom is -0.489 e. The summed E-state index contributed by atoms with van der Waals surface area (Å²) < 4.78 is 5.84. The largest absolute Gasteiger partial charge is 0.489 e. The van der Waals surface area contributed by atoms with Gasteiger partial charge in [0.25, 0.3) is 0 Å². The Morgan fingerprint density at radius 3 is 2.25 bits per heavy atom. The highest BCUT2D eigenvalue weighted by molar-refractivity contribution is 5.28. The molecule has 0 bridgehead atoms. The predicted molar refractivity (Wildman–Crippen MR) is 84.1 cm³/mol. The number of nitrogens with one attached hydrogen (secondary N) is 1. The van der Waals surface area contributed by atoms with E-state index in [4.69, 9.17) is 4.74 Å². The summed E-state index contributed by atoms with van der Waals surface area (Å²) in [6.07, 6.45) is 1.03. The topological polar surface area (TPSA) is 21.3 Å². The standard InChI is InChI=1S/C18H23NO/c1-15(2)19-13-12-16-8-6-7-9-17(16)14-20-18-10-4-3-5-11-18/h3-11,15,19H,12-14H2,1-2H3. The second-order valence-electron chi connectivity index (χ2n) is 5.23. The molecule has 0 saturated carbocycles. The second-order valence-corrected chi connectivity index (χ2v) is 5.23. The Bertz CT molecular complexity index is 508. The first-order valence-corrected chi connectivity index (χ1v) is 7.23. The van der Waals surface area contributed by atoms with E-state index in [0.717, 1.165) is 18.7 Å². The number of hydrogen-bond donors (Lipinski definition) is 1. The van der Waals surface area contributed by atoms with Crippen LogP contribution in [0.2, 0.25) is 0 Å². The molecule has 2 rings (SSSR count). The Labute approximate surface area is 121 Å². The van der Waals surface area contributed by atoms with Gasteiger partial charge in [0.1, 0.15) is 12.4 Å². The maximum Gasteiger partial charge on any atom is 0.119 e. The fourth-order valence-electron chi connectivity index (χ4n) is 2.12. The van der Waals surface area contributed by atoms with Crippen molar-refractivity contribution in [3.63, 3.8) is 0 Å². The van der Waals surface area contributed by atoms with Crippen LogP contribution in [-0.4, -0.2) is 12.6 Å². The zero-order chi connectivity index (χ0) is 14.2. The molecule has 0 aromatic heterocycles. The van der Waals surface area contributed by atoms with Gasteiger partial charge in [-0.25, -0.2) is 0 Å². The Hall–Kier alpha value is -1.80. The van der Waals surface area contributed by atoms with Gasteiger partial charge in [-0.3, -0.25) is 0 Å². The molecule has 106 valence electrons. The molecule has 0 aliphatic heterocycles. The maximum atomic E-state index is 5.84. The van der Waals surface area contributed by atoms with Crippen molar-refractivity contribution >= 4 is 0 Å². The summed E-state index contributed by atoms with van der Waals surface area (Å²) in [7, 11) is 0. The number of rotatable bonds is 7. The van der Waals surface area contributed by atoms with Crippen molar-refractivity contribution in [2.75, 3.05) is 6.54 Å². The summed E-state index contributed by atoms with van der Waals surface area (Å²) in [5, 5.41) is 3.45. The molecule has 0 fully saturated rings. The Balaban J connectivity index is 1.93. The van der Waals surface area contributed by atoms with E-state index >= 15 is 0 Å². The third kappa shape index (κ3) is 4.71. The van der Waals surface area contributed by atoms with Crippen LogP contribution in [0.5, 0.6) is 5.75 Å². The maximum absolute atomic E-state index is 5.84. The number of ether oxygens (including phenoxy) is 1. The van der Waals surface area contributed by atoms with Crippen LogP contribution in [0.25, 0.3) is 0 Å². The predicted octanol–water partition coefficient (Wildman–Crippen LogP) is 3.81. The Morgan fingerprint density at radius 2 is 1.55 bits per heavy atom. The van der Waals surface area contributed by atoms with E-state index in [9.17, 15) is 0 Å². The molecule has 1 N–H and O–H groups in total. The lowest BCUT2D eigenvalue weighted by atomic mass is 10.1. The fraction of sp³-hybridized carbons (Fsp3) is 0.333. The highest BCUT2D eigenvalue weighted by atomic mass is 16.5. The lowest BCUT2D eigenvalue weighted by Crippen LogP contribution is -2.25. The minimum atomic E-state index is 0.530. The van der Waals surface area contributed by atoms with Crippen LogP contribution in [0.1, 0.15) is 25.0 Å². The van der Waals surface area contributed by atoms with Gasteiger partial charge in [0.15, 0.2) is 0 Å². The first-order valence-electron chi connectivity index (χ1n) is 7.23. The summed E-state index contributed by atoms with van der Waals surface area (Å²) in [4.78, 5) is 0. The third-order valence-corrected chi connectivity index (χ3v) is 3.20. The molecule has 0 aliphatic rings. The van der Waals surface area contributed by atoms with Gasteiger partial charge in [0, 0.05) is 6.04 Å². The highest BCUT2D eigenvalue weighted by Crippen LogP contribution is 2.15. The molecule has 0 amide bonds. The van der Waals surface area contributed by atoms with E-state index in [-0.39, 0.29) is 0 Å². The molecule has 0 radical (unpaired) electrons. The zero-order valence-corrected chi connectivity index (χ0v) is 12.3. The second kappa shape index (κ2) is 7.71. The zero-order valence-electron chi connectivity index (χ0n) is 12.3. The highest BCUT2D eigenvalue weighted by Gasteiger charge is 2.03. The van der Waals surface area contributed by atoms with Crippen LogP contribution in [0.3, 0.4) is 0 Å². The molecule has 0 aliphatic carbocycles. The van der Waals surface area contributed by atoms with E-state index < -0.39 is 0 Å². The molecule has 0 heterocycles. The molecule has 0 saturated heterocycles. The van der Waals surface area contributed by atoms with Crippen molar-refractivity contribution in [2.24, 2.45) is 0 Å². The summed E-state index contributed by atoms with van der Waals surface area (Å²) in [6, 6.07) is 19.0.